The lowest BCUT2D eigenvalue weighted by Crippen LogP contribution is -2.48. The van der Waals surface area contributed by atoms with Gasteiger partial charge in [-0.25, -0.2) is 0 Å². The lowest BCUT2D eigenvalue weighted by Gasteiger charge is -2.38. The highest BCUT2D eigenvalue weighted by atomic mass is 15.0. The van der Waals surface area contributed by atoms with Gasteiger partial charge in [-0.2, -0.15) is 0 Å². The summed E-state index contributed by atoms with van der Waals surface area (Å²) in [6, 6.07) is 1.49. The van der Waals surface area contributed by atoms with Gasteiger partial charge in [-0.15, -0.1) is 0 Å². The van der Waals surface area contributed by atoms with Crippen LogP contribution in [0.25, 0.3) is 0 Å². The summed E-state index contributed by atoms with van der Waals surface area (Å²) < 4.78 is 0. The highest BCUT2D eigenvalue weighted by Crippen LogP contribution is 2.39. The molecule has 0 unspecified atom stereocenters. The van der Waals surface area contributed by atoms with Crippen molar-refractivity contribution in [1.82, 2.24) is 10.6 Å². The Kier molecular flexibility index (Phi) is 5.98. The third-order valence-corrected chi connectivity index (χ3v) is 6.69. The molecule has 0 radical (unpaired) electrons. The van der Waals surface area contributed by atoms with E-state index in [1.165, 1.54) is 64.2 Å². The second kappa shape index (κ2) is 7.98. The zero-order valence-electron chi connectivity index (χ0n) is 15.3. The monoisotopic (exact) mass is 316 g/mol. The Morgan fingerprint density at radius 3 is 1.52 bits per heavy atom. The van der Waals surface area contributed by atoms with E-state index in [4.69, 9.17) is 0 Å². The fraction of sp³-hybridized carbons (Fsp3) is 0.810. The molecule has 2 saturated carbocycles. The molecule has 0 aliphatic heterocycles. The first-order valence-electron chi connectivity index (χ1n) is 10.0. The molecule has 0 heterocycles. The van der Waals surface area contributed by atoms with Crippen molar-refractivity contribution in [3.8, 4) is 0 Å². The van der Waals surface area contributed by atoms with Crippen molar-refractivity contribution in [2.24, 2.45) is 5.41 Å². The van der Waals surface area contributed by atoms with Crippen LogP contribution >= 0.6 is 0 Å². The summed E-state index contributed by atoms with van der Waals surface area (Å²) in [5, 5.41) is 7.86. The highest BCUT2D eigenvalue weighted by molar-refractivity contribution is 5.40. The highest BCUT2D eigenvalue weighted by Gasteiger charge is 2.37. The van der Waals surface area contributed by atoms with E-state index in [9.17, 15) is 0 Å². The van der Waals surface area contributed by atoms with Crippen molar-refractivity contribution in [1.29, 1.82) is 0 Å². The van der Waals surface area contributed by atoms with E-state index >= 15 is 0 Å². The fourth-order valence-corrected chi connectivity index (χ4v) is 4.75. The van der Waals surface area contributed by atoms with E-state index in [-0.39, 0.29) is 5.41 Å². The van der Waals surface area contributed by atoms with Gasteiger partial charge in [0.25, 0.3) is 0 Å². The van der Waals surface area contributed by atoms with E-state index in [1.807, 2.05) is 0 Å². The number of allylic oxidation sites excluding steroid dienone is 2. The lowest BCUT2D eigenvalue weighted by atomic mass is 9.76. The normalized spacial score (nSPS) is 26.2. The van der Waals surface area contributed by atoms with Gasteiger partial charge in [-0.1, -0.05) is 61.8 Å². The minimum atomic E-state index is 0.217. The largest absolute Gasteiger partial charge is 0.313 e. The molecule has 3 rings (SSSR count). The lowest BCUT2D eigenvalue weighted by molar-refractivity contribution is 0.285. The summed E-state index contributed by atoms with van der Waals surface area (Å²) in [5.74, 6) is 0. The number of hydrogen-bond donors (Lipinski definition) is 2. The van der Waals surface area contributed by atoms with Crippen LogP contribution in [0.2, 0.25) is 0 Å². The van der Waals surface area contributed by atoms with Crippen LogP contribution in [0.3, 0.4) is 0 Å². The van der Waals surface area contributed by atoms with Gasteiger partial charge in [0.15, 0.2) is 0 Å². The Labute approximate surface area is 143 Å². The third kappa shape index (κ3) is 4.09. The van der Waals surface area contributed by atoms with Gasteiger partial charge < -0.3 is 10.6 Å². The van der Waals surface area contributed by atoms with E-state index in [0.29, 0.717) is 0 Å². The van der Waals surface area contributed by atoms with E-state index in [0.717, 1.165) is 25.2 Å². The van der Waals surface area contributed by atoms with Crippen LogP contribution in [0.1, 0.15) is 78.1 Å². The zero-order chi connectivity index (χ0) is 16.1. The first-order valence-corrected chi connectivity index (χ1v) is 10.0. The second-order valence-corrected chi connectivity index (χ2v) is 8.21. The van der Waals surface area contributed by atoms with Crippen LogP contribution in [0.5, 0.6) is 0 Å². The Hall–Kier alpha value is -0.600. The van der Waals surface area contributed by atoms with Gasteiger partial charge in [-0.3, -0.25) is 0 Å². The van der Waals surface area contributed by atoms with Crippen molar-refractivity contribution in [3.05, 3.63) is 23.3 Å². The van der Waals surface area contributed by atoms with E-state index in [2.05, 4.69) is 36.6 Å². The molecule has 2 heteroatoms. The molecule has 0 aromatic rings. The molecule has 2 N–H and O–H groups in total. The zero-order valence-corrected chi connectivity index (χ0v) is 15.3. The van der Waals surface area contributed by atoms with Crippen LogP contribution in [0.15, 0.2) is 23.3 Å². The molecule has 2 fully saturated rings. The molecular formula is C21H36N2. The SMILES string of the molecule is CC1=CC=C(C)C1(CNC1CCCCC1)CNC1CCCCC1. The molecule has 0 aromatic carbocycles. The first kappa shape index (κ1) is 17.2. The van der Waals surface area contributed by atoms with Crippen LogP contribution < -0.4 is 10.6 Å². The number of hydrogen-bond acceptors (Lipinski definition) is 2. The first-order chi connectivity index (χ1) is 11.2. The minimum absolute atomic E-state index is 0.217. The van der Waals surface area contributed by atoms with Crippen molar-refractivity contribution >= 4 is 0 Å². The van der Waals surface area contributed by atoms with Gasteiger partial charge in [0.2, 0.25) is 0 Å². The van der Waals surface area contributed by atoms with Gasteiger partial charge in [0.05, 0.1) is 0 Å². The minimum Gasteiger partial charge on any atom is -0.313 e. The average molecular weight is 317 g/mol. The molecule has 130 valence electrons. The van der Waals surface area contributed by atoms with Gasteiger partial charge in [0.1, 0.15) is 0 Å². The van der Waals surface area contributed by atoms with Crippen molar-refractivity contribution < 1.29 is 0 Å². The molecule has 0 aromatic heterocycles. The number of rotatable bonds is 6. The Morgan fingerprint density at radius 2 is 1.13 bits per heavy atom. The predicted molar refractivity (Wildman–Crippen MR) is 99.7 cm³/mol. The van der Waals surface area contributed by atoms with E-state index < -0.39 is 0 Å². The summed E-state index contributed by atoms with van der Waals surface area (Å²) in [4.78, 5) is 0. The van der Waals surface area contributed by atoms with Crippen LogP contribution in [0, 0.1) is 5.41 Å². The van der Waals surface area contributed by atoms with Gasteiger partial charge >= 0.3 is 0 Å². The number of nitrogens with one attached hydrogen (secondary N) is 2. The van der Waals surface area contributed by atoms with Crippen molar-refractivity contribution in [2.45, 2.75) is 90.1 Å². The van der Waals surface area contributed by atoms with E-state index in [1.54, 1.807) is 11.1 Å². The molecular weight excluding hydrogens is 280 g/mol. The summed E-state index contributed by atoms with van der Waals surface area (Å²) >= 11 is 0. The molecule has 23 heavy (non-hydrogen) atoms. The summed E-state index contributed by atoms with van der Waals surface area (Å²) in [5.41, 5.74) is 3.30. The molecule has 0 spiro atoms. The standard InChI is InChI=1S/C21H36N2/c1-17-13-14-18(2)21(17,15-22-19-9-5-3-6-10-19)16-23-20-11-7-4-8-12-20/h13-14,19-20,22-23H,3-12,15-16H2,1-2H3. The molecule has 0 atom stereocenters. The molecule has 3 aliphatic rings. The molecule has 0 bridgehead atoms. The Bertz CT molecular complexity index is 395. The molecule has 0 amide bonds. The van der Waals surface area contributed by atoms with Crippen molar-refractivity contribution in [2.75, 3.05) is 13.1 Å². The second-order valence-electron chi connectivity index (χ2n) is 8.21. The maximum absolute atomic E-state index is 3.93. The Morgan fingerprint density at radius 1 is 0.739 bits per heavy atom. The topological polar surface area (TPSA) is 24.1 Å². The smallest absolute Gasteiger partial charge is 0.0371 e. The quantitative estimate of drug-likeness (QED) is 0.740. The maximum Gasteiger partial charge on any atom is 0.0371 e. The molecule has 0 saturated heterocycles. The maximum atomic E-state index is 3.93. The third-order valence-electron chi connectivity index (χ3n) is 6.69. The van der Waals surface area contributed by atoms with Crippen molar-refractivity contribution in [3.63, 3.8) is 0 Å². The van der Waals surface area contributed by atoms with Crippen LogP contribution in [-0.4, -0.2) is 25.2 Å². The predicted octanol–water partition coefficient (Wildman–Crippen LogP) is 4.72. The van der Waals surface area contributed by atoms with Gasteiger partial charge in [0, 0.05) is 30.6 Å². The summed E-state index contributed by atoms with van der Waals surface area (Å²) in [6.45, 7) is 6.89. The van der Waals surface area contributed by atoms with Crippen LogP contribution in [-0.2, 0) is 0 Å². The summed E-state index contributed by atoms with van der Waals surface area (Å²) in [6.07, 6.45) is 18.7. The summed E-state index contributed by atoms with van der Waals surface area (Å²) in [7, 11) is 0. The van der Waals surface area contributed by atoms with Gasteiger partial charge in [-0.05, 0) is 39.5 Å². The van der Waals surface area contributed by atoms with Crippen LogP contribution in [0.4, 0.5) is 0 Å². The molecule has 2 nitrogen and oxygen atoms in total. The fourth-order valence-electron chi connectivity index (χ4n) is 4.75. The molecule has 3 aliphatic carbocycles. The average Bonchev–Trinajstić information content (AvgIpc) is 2.88. The Balaban J connectivity index is 1.60.